The number of aromatic nitrogens is 2. The first-order chi connectivity index (χ1) is 15.0. The number of halogens is 2. The van der Waals surface area contributed by atoms with Gasteiger partial charge in [-0.25, -0.2) is 18.6 Å². The zero-order chi connectivity index (χ0) is 21.8. The molecule has 1 aromatic heterocycles. The van der Waals surface area contributed by atoms with Crippen LogP contribution in [-0.4, -0.2) is 29.1 Å². The molecule has 0 radical (unpaired) electrons. The van der Waals surface area contributed by atoms with Gasteiger partial charge in [0.1, 0.15) is 17.5 Å². The van der Waals surface area contributed by atoms with E-state index in [1.807, 2.05) is 13.0 Å². The van der Waals surface area contributed by atoms with Crippen LogP contribution >= 0.6 is 0 Å². The molecule has 0 spiro atoms. The molecule has 2 amide bonds. The van der Waals surface area contributed by atoms with Crippen LogP contribution in [0.4, 0.5) is 42.4 Å². The second-order valence-electron chi connectivity index (χ2n) is 7.29. The van der Waals surface area contributed by atoms with Gasteiger partial charge < -0.3 is 20.9 Å². The number of carbonyl (C=O) groups excluding carboxylic acids is 1. The van der Waals surface area contributed by atoms with Gasteiger partial charge in [-0.05, 0) is 56.2 Å². The Hall–Kier alpha value is -3.75. The van der Waals surface area contributed by atoms with Crippen molar-refractivity contribution in [3.05, 3.63) is 65.9 Å². The maximum atomic E-state index is 13.7. The highest BCUT2D eigenvalue weighted by Crippen LogP contribution is 2.23. The van der Waals surface area contributed by atoms with Gasteiger partial charge in [0.15, 0.2) is 0 Å². The van der Waals surface area contributed by atoms with E-state index in [4.69, 9.17) is 0 Å². The summed E-state index contributed by atoms with van der Waals surface area (Å²) in [5, 5.41) is 8.04. The van der Waals surface area contributed by atoms with E-state index in [1.54, 1.807) is 24.3 Å². The van der Waals surface area contributed by atoms with E-state index in [0.29, 0.717) is 11.6 Å². The maximum absolute atomic E-state index is 13.7. The summed E-state index contributed by atoms with van der Waals surface area (Å²) in [5.74, 6) is 0.0508. The van der Waals surface area contributed by atoms with Crippen LogP contribution in [-0.2, 0) is 0 Å². The van der Waals surface area contributed by atoms with Crippen molar-refractivity contribution in [3.63, 3.8) is 0 Å². The molecule has 2 heterocycles. The summed E-state index contributed by atoms with van der Waals surface area (Å²) >= 11 is 0. The lowest BCUT2D eigenvalue weighted by Crippen LogP contribution is -2.20. The van der Waals surface area contributed by atoms with Gasteiger partial charge in [0.05, 0.1) is 5.69 Å². The van der Waals surface area contributed by atoms with Crippen molar-refractivity contribution in [2.24, 2.45) is 0 Å². The lowest BCUT2D eigenvalue weighted by Gasteiger charge is -2.17. The Labute approximate surface area is 178 Å². The van der Waals surface area contributed by atoms with Gasteiger partial charge >= 0.3 is 6.03 Å². The van der Waals surface area contributed by atoms with Crippen molar-refractivity contribution in [2.45, 2.75) is 19.8 Å². The van der Waals surface area contributed by atoms with E-state index in [2.05, 4.69) is 30.8 Å². The van der Waals surface area contributed by atoms with Crippen LogP contribution in [0.5, 0.6) is 0 Å². The minimum absolute atomic E-state index is 0.235. The lowest BCUT2D eigenvalue weighted by atomic mass is 10.2. The van der Waals surface area contributed by atoms with Crippen molar-refractivity contribution in [2.75, 3.05) is 33.9 Å². The summed E-state index contributed by atoms with van der Waals surface area (Å²) in [4.78, 5) is 23.4. The zero-order valence-corrected chi connectivity index (χ0v) is 17.0. The van der Waals surface area contributed by atoms with Gasteiger partial charge in [0, 0.05) is 42.3 Å². The predicted octanol–water partition coefficient (Wildman–Crippen LogP) is 5.05. The van der Waals surface area contributed by atoms with Gasteiger partial charge in [-0.3, -0.25) is 0 Å². The van der Waals surface area contributed by atoms with Crippen molar-refractivity contribution in [1.82, 2.24) is 9.97 Å². The smallest absolute Gasteiger partial charge is 0.323 e. The molecule has 1 saturated heterocycles. The fourth-order valence-corrected chi connectivity index (χ4v) is 3.36. The summed E-state index contributed by atoms with van der Waals surface area (Å²) in [5.41, 5.74) is 1.88. The molecule has 9 heteroatoms. The van der Waals surface area contributed by atoms with E-state index in [1.165, 1.54) is 12.8 Å². The van der Waals surface area contributed by atoms with Crippen LogP contribution in [0.15, 0.2) is 48.5 Å². The van der Waals surface area contributed by atoms with Crippen LogP contribution in [0.25, 0.3) is 0 Å². The fraction of sp³-hybridized carbons (Fsp3) is 0.227. The minimum atomic E-state index is -0.720. The standard InChI is InChI=1S/C22H22F2N6O/c1-14-12-20(30-10-2-3-11-30)29-21(25-14)26-16-5-7-17(8-6-16)27-22(31)28-19-13-15(23)4-9-18(19)24/h4-9,12-13H,2-3,10-11H2,1H3,(H,25,26,29)(H2,27,28,31). The van der Waals surface area contributed by atoms with Crippen LogP contribution in [0.1, 0.15) is 18.5 Å². The third-order valence-corrected chi connectivity index (χ3v) is 4.85. The Kier molecular flexibility index (Phi) is 5.92. The molecular formula is C22H22F2N6O. The van der Waals surface area contributed by atoms with Gasteiger partial charge in [-0.2, -0.15) is 4.98 Å². The number of urea groups is 1. The van der Waals surface area contributed by atoms with Crippen LogP contribution in [0, 0.1) is 18.6 Å². The molecule has 0 atom stereocenters. The first kappa shape index (κ1) is 20.5. The second kappa shape index (κ2) is 8.95. The highest BCUT2D eigenvalue weighted by molar-refractivity contribution is 5.99. The van der Waals surface area contributed by atoms with Crippen molar-refractivity contribution < 1.29 is 13.6 Å². The molecule has 160 valence electrons. The van der Waals surface area contributed by atoms with Crippen molar-refractivity contribution in [3.8, 4) is 0 Å². The Morgan fingerprint density at radius 1 is 0.935 bits per heavy atom. The molecule has 0 aliphatic carbocycles. The molecule has 3 N–H and O–H groups in total. The number of hydrogen-bond acceptors (Lipinski definition) is 5. The number of nitrogens with one attached hydrogen (secondary N) is 3. The number of aryl methyl sites for hydroxylation is 1. The molecule has 4 rings (SSSR count). The molecule has 7 nitrogen and oxygen atoms in total. The molecule has 3 aromatic rings. The molecule has 1 aliphatic heterocycles. The summed E-state index contributed by atoms with van der Waals surface area (Å²) in [6.45, 7) is 3.93. The molecule has 1 fully saturated rings. The van der Waals surface area contributed by atoms with Crippen LogP contribution < -0.4 is 20.9 Å². The number of amides is 2. The second-order valence-corrected chi connectivity index (χ2v) is 7.29. The van der Waals surface area contributed by atoms with Crippen molar-refractivity contribution in [1.29, 1.82) is 0 Å². The normalized spacial score (nSPS) is 13.2. The number of carbonyl (C=O) groups is 1. The van der Waals surface area contributed by atoms with Gasteiger partial charge in [-0.15, -0.1) is 0 Å². The Bertz CT molecular complexity index is 1080. The number of nitrogens with zero attached hydrogens (tertiary/aromatic N) is 3. The molecule has 0 unspecified atom stereocenters. The first-order valence-corrected chi connectivity index (χ1v) is 9.97. The number of rotatable bonds is 5. The molecular weight excluding hydrogens is 402 g/mol. The number of benzene rings is 2. The Morgan fingerprint density at radius 2 is 1.65 bits per heavy atom. The first-order valence-electron chi connectivity index (χ1n) is 9.97. The monoisotopic (exact) mass is 424 g/mol. The molecule has 31 heavy (non-hydrogen) atoms. The van der Waals surface area contributed by atoms with Gasteiger partial charge in [-0.1, -0.05) is 0 Å². The van der Waals surface area contributed by atoms with E-state index in [-0.39, 0.29) is 5.69 Å². The summed E-state index contributed by atoms with van der Waals surface area (Å²) in [6.07, 6.45) is 2.33. The highest BCUT2D eigenvalue weighted by Gasteiger charge is 2.15. The topological polar surface area (TPSA) is 82.2 Å². The van der Waals surface area contributed by atoms with E-state index in [9.17, 15) is 13.6 Å². The average Bonchev–Trinajstić information content (AvgIpc) is 3.27. The van der Waals surface area contributed by atoms with Crippen LogP contribution in [0.3, 0.4) is 0 Å². The average molecular weight is 424 g/mol. The third kappa shape index (κ3) is 5.25. The quantitative estimate of drug-likeness (QED) is 0.534. The summed E-state index contributed by atoms with van der Waals surface area (Å²) < 4.78 is 26.9. The number of hydrogen-bond donors (Lipinski definition) is 3. The van der Waals surface area contributed by atoms with E-state index < -0.39 is 17.7 Å². The van der Waals surface area contributed by atoms with E-state index >= 15 is 0 Å². The maximum Gasteiger partial charge on any atom is 0.323 e. The summed E-state index contributed by atoms with van der Waals surface area (Å²) in [7, 11) is 0. The fourth-order valence-electron chi connectivity index (χ4n) is 3.36. The number of anilines is 5. The molecule has 0 saturated carbocycles. The zero-order valence-electron chi connectivity index (χ0n) is 17.0. The highest BCUT2D eigenvalue weighted by atomic mass is 19.1. The minimum Gasteiger partial charge on any atom is -0.356 e. The lowest BCUT2D eigenvalue weighted by molar-refractivity contribution is 0.262. The predicted molar refractivity (Wildman–Crippen MR) is 117 cm³/mol. The summed E-state index contributed by atoms with van der Waals surface area (Å²) in [6, 6.07) is 11.0. The molecule has 2 aromatic carbocycles. The SMILES string of the molecule is Cc1cc(N2CCCC2)nc(Nc2ccc(NC(=O)Nc3cc(F)ccc3F)cc2)n1. The van der Waals surface area contributed by atoms with Crippen molar-refractivity contribution >= 4 is 34.9 Å². The molecule has 0 bridgehead atoms. The Balaban J connectivity index is 1.39. The molecule has 1 aliphatic rings. The third-order valence-electron chi connectivity index (χ3n) is 4.85. The van der Waals surface area contributed by atoms with E-state index in [0.717, 1.165) is 48.5 Å². The largest absolute Gasteiger partial charge is 0.356 e. The van der Waals surface area contributed by atoms with Gasteiger partial charge in [0.2, 0.25) is 5.95 Å². The Morgan fingerprint density at radius 3 is 2.39 bits per heavy atom. The van der Waals surface area contributed by atoms with Crippen LogP contribution in [0.2, 0.25) is 0 Å². The van der Waals surface area contributed by atoms with Gasteiger partial charge in [0.25, 0.3) is 0 Å².